The second-order valence-corrected chi connectivity index (χ2v) is 5.07. The van der Waals surface area contributed by atoms with E-state index in [2.05, 4.69) is 15.9 Å². The molecule has 94 valence electrons. The lowest BCUT2D eigenvalue weighted by Crippen LogP contribution is -2.32. The van der Waals surface area contributed by atoms with Gasteiger partial charge < -0.3 is 10.6 Å². The number of nitrogens with zero attached hydrogens (tertiary/aromatic N) is 1. The maximum absolute atomic E-state index is 12.2. The quantitative estimate of drug-likeness (QED) is 0.863. The van der Waals surface area contributed by atoms with Gasteiger partial charge in [0, 0.05) is 29.2 Å². The molecule has 1 aliphatic heterocycles. The van der Waals surface area contributed by atoms with Crippen molar-refractivity contribution in [2.75, 3.05) is 13.1 Å². The van der Waals surface area contributed by atoms with E-state index < -0.39 is 0 Å². The average molecular weight is 320 g/mol. The van der Waals surface area contributed by atoms with E-state index in [1.165, 1.54) is 0 Å². The molecule has 2 N–H and O–H groups in total. The van der Waals surface area contributed by atoms with Crippen molar-refractivity contribution in [2.24, 2.45) is 5.73 Å². The molecule has 1 heterocycles. The highest BCUT2D eigenvalue weighted by molar-refractivity contribution is 9.10. The Labute approximate surface area is 116 Å². The smallest absolute Gasteiger partial charge is 0.254 e. The standard InChI is InChI=1S/C12H15BrN2O.ClH/c1-8-10(3-2-4-11(8)13)12(16)15-6-5-9(14)7-15;/h2-4,9H,5-7,14H2,1H3;1H/t9-;/m1./s1. The van der Waals surface area contributed by atoms with E-state index in [4.69, 9.17) is 5.73 Å². The van der Waals surface area contributed by atoms with Gasteiger partial charge in [0.1, 0.15) is 0 Å². The van der Waals surface area contributed by atoms with Gasteiger partial charge in [0.25, 0.3) is 5.91 Å². The lowest BCUT2D eigenvalue weighted by atomic mass is 10.1. The van der Waals surface area contributed by atoms with Crippen molar-refractivity contribution in [3.05, 3.63) is 33.8 Å². The van der Waals surface area contributed by atoms with E-state index in [9.17, 15) is 4.79 Å². The first-order valence-corrected chi connectivity index (χ1v) is 6.19. The Balaban J connectivity index is 0.00000144. The summed E-state index contributed by atoms with van der Waals surface area (Å²) in [6.45, 7) is 3.39. The van der Waals surface area contributed by atoms with Crippen LogP contribution in [0.15, 0.2) is 22.7 Å². The van der Waals surface area contributed by atoms with Crippen molar-refractivity contribution < 1.29 is 4.79 Å². The molecule has 1 atom stereocenters. The number of hydrogen-bond donors (Lipinski definition) is 1. The molecule has 1 fully saturated rings. The van der Waals surface area contributed by atoms with Gasteiger partial charge in [-0.05, 0) is 31.0 Å². The number of likely N-dealkylation sites (tertiary alicyclic amines) is 1. The van der Waals surface area contributed by atoms with Gasteiger partial charge >= 0.3 is 0 Å². The van der Waals surface area contributed by atoms with Crippen molar-refractivity contribution in [3.8, 4) is 0 Å². The predicted molar refractivity (Wildman–Crippen MR) is 74.6 cm³/mol. The largest absolute Gasteiger partial charge is 0.337 e. The molecule has 0 saturated carbocycles. The van der Waals surface area contributed by atoms with Gasteiger partial charge in [0.15, 0.2) is 0 Å². The Morgan fingerprint density at radius 1 is 1.53 bits per heavy atom. The van der Waals surface area contributed by atoms with E-state index >= 15 is 0 Å². The van der Waals surface area contributed by atoms with E-state index in [1.807, 2.05) is 30.0 Å². The fourth-order valence-electron chi connectivity index (χ4n) is 1.98. The van der Waals surface area contributed by atoms with E-state index in [0.29, 0.717) is 6.54 Å². The molecule has 0 aromatic heterocycles. The maximum atomic E-state index is 12.2. The fourth-order valence-corrected chi connectivity index (χ4v) is 2.35. The van der Waals surface area contributed by atoms with Gasteiger partial charge in [-0.25, -0.2) is 0 Å². The molecule has 17 heavy (non-hydrogen) atoms. The number of halogens is 2. The zero-order chi connectivity index (χ0) is 11.7. The van der Waals surface area contributed by atoms with Crippen LogP contribution in [0, 0.1) is 6.92 Å². The molecule has 1 aliphatic rings. The summed E-state index contributed by atoms with van der Waals surface area (Å²) in [4.78, 5) is 14.0. The highest BCUT2D eigenvalue weighted by Gasteiger charge is 2.25. The Morgan fingerprint density at radius 2 is 2.24 bits per heavy atom. The summed E-state index contributed by atoms with van der Waals surface area (Å²) < 4.78 is 0.974. The van der Waals surface area contributed by atoms with Crippen LogP contribution in [-0.4, -0.2) is 29.9 Å². The van der Waals surface area contributed by atoms with Crippen molar-refractivity contribution in [3.63, 3.8) is 0 Å². The molecule has 0 aliphatic carbocycles. The Bertz CT molecular complexity index is 425. The topological polar surface area (TPSA) is 46.3 Å². The van der Waals surface area contributed by atoms with E-state index in [0.717, 1.165) is 28.6 Å². The summed E-state index contributed by atoms with van der Waals surface area (Å²) >= 11 is 3.44. The van der Waals surface area contributed by atoms with Crippen LogP contribution in [-0.2, 0) is 0 Å². The van der Waals surface area contributed by atoms with Gasteiger partial charge in [0.2, 0.25) is 0 Å². The minimum Gasteiger partial charge on any atom is -0.337 e. The van der Waals surface area contributed by atoms with Crippen LogP contribution in [0.2, 0.25) is 0 Å². The van der Waals surface area contributed by atoms with Gasteiger partial charge in [-0.15, -0.1) is 12.4 Å². The third kappa shape index (κ3) is 3.00. The molecule has 1 amide bonds. The SMILES string of the molecule is Cc1c(Br)cccc1C(=O)N1CC[C@@H](N)C1.Cl. The van der Waals surface area contributed by atoms with Crippen LogP contribution < -0.4 is 5.73 Å². The molecule has 1 saturated heterocycles. The maximum Gasteiger partial charge on any atom is 0.254 e. The number of carbonyl (C=O) groups excluding carboxylic acids is 1. The summed E-state index contributed by atoms with van der Waals surface area (Å²) in [6.07, 6.45) is 0.902. The third-order valence-electron chi connectivity index (χ3n) is 3.01. The molecule has 2 rings (SSSR count). The van der Waals surface area contributed by atoms with Crippen molar-refractivity contribution >= 4 is 34.2 Å². The second kappa shape index (κ2) is 5.85. The highest BCUT2D eigenvalue weighted by atomic mass is 79.9. The first-order valence-electron chi connectivity index (χ1n) is 5.39. The molecule has 3 nitrogen and oxygen atoms in total. The van der Waals surface area contributed by atoms with Crippen LogP contribution in [0.5, 0.6) is 0 Å². The normalized spacial score (nSPS) is 19.0. The Kier molecular flexibility index (Phi) is 4.98. The molecule has 0 unspecified atom stereocenters. The van der Waals surface area contributed by atoms with Crippen LogP contribution in [0.4, 0.5) is 0 Å². The van der Waals surface area contributed by atoms with Crippen LogP contribution in [0.25, 0.3) is 0 Å². The second-order valence-electron chi connectivity index (χ2n) is 4.21. The minimum absolute atomic E-state index is 0. The lowest BCUT2D eigenvalue weighted by molar-refractivity contribution is 0.0790. The van der Waals surface area contributed by atoms with E-state index in [1.54, 1.807) is 0 Å². The minimum atomic E-state index is 0. The number of carbonyl (C=O) groups is 1. The zero-order valence-corrected chi connectivity index (χ0v) is 12.1. The van der Waals surface area contributed by atoms with Crippen LogP contribution >= 0.6 is 28.3 Å². The summed E-state index contributed by atoms with van der Waals surface area (Å²) in [5, 5.41) is 0. The van der Waals surface area contributed by atoms with Crippen molar-refractivity contribution in [1.82, 2.24) is 4.90 Å². The molecular formula is C12H16BrClN2O. The number of nitrogens with two attached hydrogens (primary N) is 1. The van der Waals surface area contributed by atoms with Crippen LogP contribution in [0.1, 0.15) is 22.3 Å². The first-order chi connectivity index (χ1) is 7.59. The third-order valence-corrected chi connectivity index (χ3v) is 3.87. The van der Waals surface area contributed by atoms with Crippen molar-refractivity contribution in [1.29, 1.82) is 0 Å². The Morgan fingerprint density at radius 3 is 2.82 bits per heavy atom. The van der Waals surface area contributed by atoms with E-state index in [-0.39, 0.29) is 24.4 Å². The molecule has 0 radical (unpaired) electrons. The summed E-state index contributed by atoms with van der Waals surface area (Å²) in [5.74, 6) is 0.0896. The van der Waals surface area contributed by atoms with Gasteiger partial charge in [-0.3, -0.25) is 4.79 Å². The predicted octanol–water partition coefficient (Wildman–Crippen LogP) is 2.35. The fraction of sp³-hybridized carbons (Fsp3) is 0.417. The lowest BCUT2D eigenvalue weighted by Gasteiger charge is -2.17. The summed E-state index contributed by atoms with van der Waals surface area (Å²) in [6, 6.07) is 5.84. The highest BCUT2D eigenvalue weighted by Crippen LogP contribution is 2.22. The van der Waals surface area contributed by atoms with Crippen molar-refractivity contribution in [2.45, 2.75) is 19.4 Å². The molecule has 1 aromatic rings. The summed E-state index contributed by atoms with van der Waals surface area (Å²) in [5.41, 5.74) is 7.57. The number of amides is 1. The number of hydrogen-bond acceptors (Lipinski definition) is 2. The van der Waals surface area contributed by atoms with Crippen LogP contribution in [0.3, 0.4) is 0 Å². The van der Waals surface area contributed by atoms with Gasteiger partial charge in [0.05, 0.1) is 0 Å². The Hall–Kier alpha value is -0.580. The monoisotopic (exact) mass is 318 g/mol. The number of rotatable bonds is 1. The molecule has 0 spiro atoms. The summed E-state index contributed by atoms with van der Waals surface area (Å²) in [7, 11) is 0. The first kappa shape index (κ1) is 14.5. The average Bonchev–Trinajstić information content (AvgIpc) is 2.68. The molecule has 0 bridgehead atoms. The molecule has 5 heteroatoms. The van der Waals surface area contributed by atoms with Gasteiger partial charge in [-0.1, -0.05) is 22.0 Å². The zero-order valence-electron chi connectivity index (χ0n) is 9.65. The molecular weight excluding hydrogens is 304 g/mol. The molecule has 1 aromatic carbocycles. The van der Waals surface area contributed by atoms with Gasteiger partial charge in [-0.2, -0.15) is 0 Å². The number of benzene rings is 1.